The lowest BCUT2D eigenvalue weighted by Gasteiger charge is -2.05. The van der Waals surface area contributed by atoms with E-state index >= 15 is 0 Å². The molecule has 6 nitrogen and oxygen atoms in total. The highest BCUT2D eigenvalue weighted by atomic mass is 32.2. The Morgan fingerprint density at radius 2 is 1.83 bits per heavy atom. The van der Waals surface area contributed by atoms with Gasteiger partial charge in [0.25, 0.3) is 0 Å². The van der Waals surface area contributed by atoms with Gasteiger partial charge in [0.05, 0.1) is 27.0 Å². The summed E-state index contributed by atoms with van der Waals surface area (Å²) in [7, 11) is 0. The summed E-state index contributed by atoms with van der Waals surface area (Å²) in [6, 6.07) is 19.5. The standard InChI is InChI=1S/C21H15N5OS2/c27-18(26-21-25-16-9-3-4-10-17(16)29-21)12-28-20-13(6-5-11-22-20)19-23-14-7-1-2-8-15(14)24-19/h1-11H,12H2,(H,23,24)(H,25,26,27). The minimum atomic E-state index is -0.115. The fourth-order valence-electron chi connectivity index (χ4n) is 2.98. The van der Waals surface area contributed by atoms with Crippen LogP contribution in [-0.2, 0) is 4.79 Å². The Morgan fingerprint density at radius 3 is 2.69 bits per heavy atom. The van der Waals surface area contributed by atoms with Gasteiger partial charge in [-0.25, -0.2) is 15.0 Å². The predicted molar refractivity (Wildman–Crippen MR) is 118 cm³/mol. The molecule has 0 aliphatic rings. The number of aromatic amines is 1. The number of hydrogen-bond acceptors (Lipinski definition) is 6. The molecule has 2 aromatic carbocycles. The molecule has 0 fully saturated rings. The van der Waals surface area contributed by atoms with Crippen molar-refractivity contribution in [3.05, 3.63) is 66.9 Å². The quantitative estimate of drug-likeness (QED) is 0.395. The Balaban J connectivity index is 1.32. The van der Waals surface area contributed by atoms with Gasteiger partial charge in [0.15, 0.2) is 5.13 Å². The number of thiazole rings is 1. The molecule has 0 saturated carbocycles. The number of nitrogens with zero attached hydrogens (tertiary/aromatic N) is 3. The first-order valence-electron chi connectivity index (χ1n) is 8.95. The van der Waals surface area contributed by atoms with Crippen LogP contribution in [-0.4, -0.2) is 31.6 Å². The topological polar surface area (TPSA) is 83.6 Å². The molecule has 29 heavy (non-hydrogen) atoms. The van der Waals surface area contributed by atoms with Gasteiger partial charge in [-0.3, -0.25) is 4.79 Å². The monoisotopic (exact) mass is 417 g/mol. The van der Waals surface area contributed by atoms with Gasteiger partial charge in [-0.1, -0.05) is 47.4 Å². The van der Waals surface area contributed by atoms with Crippen molar-refractivity contribution in [2.24, 2.45) is 0 Å². The van der Waals surface area contributed by atoms with E-state index in [-0.39, 0.29) is 11.7 Å². The average Bonchev–Trinajstić information content (AvgIpc) is 3.35. The second-order valence-electron chi connectivity index (χ2n) is 6.28. The van der Waals surface area contributed by atoms with Crippen LogP contribution in [0.15, 0.2) is 71.9 Å². The van der Waals surface area contributed by atoms with Crippen LogP contribution in [0.3, 0.4) is 0 Å². The maximum Gasteiger partial charge on any atom is 0.236 e. The molecule has 5 rings (SSSR count). The molecule has 0 unspecified atom stereocenters. The molecule has 0 radical (unpaired) electrons. The van der Waals surface area contributed by atoms with E-state index in [0.29, 0.717) is 5.13 Å². The summed E-state index contributed by atoms with van der Waals surface area (Å²) in [4.78, 5) is 29.3. The number of nitrogens with one attached hydrogen (secondary N) is 2. The zero-order chi connectivity index (χ0) is 19.6. The van der Waals surface area contributed by atoms with Crippen molar-refractivity contribution in [1.82, 2.24) is 19.9 Å². The number of para-hydroxylation sites is 3. The summed E-state index contributed by atoms with van der Waals surface area (Å²) in [5.41, 5.74) is 3.63. The number of amides is 1. The summed E-state index contributed by atoms with van der Waals surface area (Å²) >= 11 is 2.85. The molecule has 0 atom stereocenters. The van der Waals surface area contributed by atoms with Crippen LogP contribution in [0.4, 0.5) is 5.13 Å². The minimum Gasteiger partial charge on any atom is -0.338 e. The highest BCUT2D eigenvalue weighted by Gasteiger charge is 2.14. The maximum absolute atomic E-state index is 12.4. The first-order chi connectivity index (χ1) is 14.3. The number of fused-ring (bicyclic) bond motifs is 2. The number of rotatable bonds is 5. The number of imidazole rings is 1. The normalized spacial score (nSPS) is 11.2. The van der Waals surface area contributed by atoms with E-state index in [9.17, 15) is 4.79 Å². The third kappa shape index (κ3) is 3.72. The van der Waals surface area contributed by atoms with Crippen molar-refractivity contribution in [3.8, 4) is 11.4 Å². The Kier molecular flexibility index (Phi) is 4.71. The molecule has 3 aromatic heterocycles. The zero-order valence-corrected chi connectivity index (χ0v) is 16.8. The van der Waals surface area contributed by atoms with Crippen molar-refractivity contribution < 1.29 is 4.79 Å². The van der Waals surface area contributed by atoms with Gasteiger partial charge in [0.2, 0.25) is 5.91 Å². The molecule has 1 amide bonds. The van der Waals surface area contributed by atoms with E-state index in [0.717, 1.165) is 37.7 Å². The second kappa shape index (κ2) is 7.65. The predicted octanol–water partition coefficient (Wildman–Crippen LogP) is 4.97. The van der Waals surface area contributed by atoms with Gasteiger partial charge in [-0.05, 0) is 36.4 Å². The lowest BCUT2D eigenvalue weighted by Crippen LogP contribution is -2.14. The Bertz CT molecular complexity index is 1260. The summed E-state index contributed by atoms with van der Waals surface area (Å²) in [5, 5.41) is 4.24. The average molecular weight is 418 g/mol. The largest absolute Gasteiger partial charge is 0.338 e. The van der Waals surface area contributed by atoms with Crippen LogP contribution in [0.25, 0.3) is 32.6 Å². The van der Waals surface area contributed by atoms with Crippen molar-refractivity contribution in [1.29, 1.82) is 0 Å². The lowest BCUT2D eigenvalue weighted by molar-refractivity contribution is -0.113. The van der Waals surface area contributed by atoms with E-state index in [2.05, 4.69) is 25.3 Å². The number of aromatic nitrogens is 4. The smallest absolute Gasteiger partial charge is 0.236 e. The number of carbonyl (C=O) groups excluding carboxylic acids is 1. The molecule has 142 valence electrons. The molecule has 0 saturated heterocycles. The molecule has 0 aliphatic carbocycles. The summed E-state index contributed by atoms with van der Waals surface area (Å²) in [6.07, 6.45) is 1.72. The van der Waals surface area contributed by atoms with E-state index < -0.39 is 0 Å². The van der Waals surface area contributed by atoms with Gasteiger partial charge in [0, 0.05) is 11.8 Å². The summed E-state index contributed by atoms with van der Waals surface area (Å²) in [5.74, 6) is 0.865. The molecule has 2 N–H and O–H groups in total. The number of thioether (sulfide) groups is 1. The number of anilines is 1. The van der Waals surface area contributed by atoms with E-state index in [1.54, 1.807) is 6.20 Å². The van der Waals surface area contributed by atoms with Gasteiger partial charge in [-0.2, -0.15) is 0 Å². The third-order valence-electron chi connectivity index (χ3n) is 4.30. The van der Waals surface area contributed by atoms with Crippen LogP contribution in [0, 0.1) is 0 Å². The number of benzene rings is 2. The van der Waals surface area contributed by atoms with E-state index in [4.69, 9.17) is 0 Å². The lowest BCUT2D eigenvalue weighted by atomic mass is 10.3. The first kappa shape index (κ1) is 17.8. The number of hydrogen-bond donors (Lipinski definition) is 2. The number of carbonyl (C=O) groups is 1. The molecule has 3 heterocycles. The Hall–Kier alpha value is -3.23. The molecular weight excluding hydrogens is 402 g/mol. The summed E-state index contributed by atoms with van der Waals surface area (Å²) in [6.45, 7) is 0. The van der Waals surface area contributed by atoms with Gasteiger partial charge < -0.3 is 10.3 Å². The molecule has 8 heteroatoms. The first-order valence-corrected chi connectivity index (χ1v) is 10.7. The van der Waals surface area contributed by atoms with Crippen LogP contribution < -0.4 is 5.32 Å². The Labute approximate surface area is 174 Å². The van der Waals surface area contributed by atoms with Crippen molar-refractivity contribution in [2.75, 3.05) is 11.1 Å². The van der Waals surface area contributed by atoms with Crippen LogP contribution >= 0.6 is 23.1 Å². The van der Waals surface area contributed by atoms with Gasteiger partial charge >= 0.3 is 0 Å². The molecule has 5 aromatic rings. The highest BCUT2D eigenvalue weighted by molar-refractivity contribution is 8.00. The van der Waals surface area contributed by atoms with Gasteiger partial charge in [-0.15, -0.1) is 0 Å². The zero-order valence-electron chi connectivity index (χ0n) is 15.1. The Morgan fingerprint density at radius 1 is 1.00 bits per heavy atom. The molecule has 0 spiro atoms. The SMILES string of the molecule is O=C(CSc1ncccc1-c1nc2ccccc2[nH]1)Nc1nc2ccccc2s1. The molecular formula is C21H15N5OS2. The fourth-order valence-corrected chi connectivity index (χ4v) is 4.66. The summed E-state index contributed by atoms with van der Waals surface area (Å²) < 4.78 is 1.05. The number of H-pyrrole nitrogens is 1. The van der Waals surface area contributed by atoms with Crippen LogP contribution in [0.2, 0.25) is 0 Å². The highest BCUT2D eigenvalue weighted by Crippen LogP contribution is 2.30. The van der Waals surface area contributed by atoms with E-state index in [1.165, 1.54) is 23.1 Å². The molecule has 0 aliphatic heterocycles. The van der Waals surface area contributed by atoms with Crippen LogP contribution in [0.1, 0.15) is 0 Å². The second-order valence-corrected chi connectivity index (χ2v) is 8.28. The third-order valence-corrected chi connectivity index (χ3v) is 6.25. The number of pyridine rings is 1. The minimum absolute atomic E-state index is 0.115. The van der Waals surface area contributed by atoms with Crippen molar-refractivity contribution >= 4 is 55.4 Å². The van der Waals surface area contributed by atoms with Crippen molar-refractivity contribution in [3.63, 3.8) is 0 Å². The fraction of sp³-hybridized carbons (Fsp3) is 0.0476. The van der Waals surface area contributed by atoms with Gasteiger partial charge in [0.1, 0.15) is 10.9 Å². The van der Waals surface area contributed by atoms with Crippen molar-refractivity contribution in [2.45, 2.75) is 5.03 Å². The van der Waals surface area contributed by atoms with Crippen LogP contribution in [0.5, 0.6) is 0 Å². The molecule has 0 bridgehead atoms. The maximum atomic E-state index is 12.4. The van der Waals surface area contributed by atoms with E-state index in [1.807, 2.05) is 60.7 Å².